The first-order valence-electron chi connectivity index (χ1n) is 34.4. The molecule has 30 heteroatoms. The maximum atomic E-state index is 13.2. The minimum atomic E-state index is -5.92. The molecular formula is C74H104F12O18. The predicted octanol–water partition coefficient (Wildman–Crippen LogP) is 17.9. The zero-order valence-corrected chi connectivity index (χ0v) is 63.1. The zero-order chi connectivity index (χ0) is 80.4. The third kappa shape index (κ3) is 23.1. The highest BCUT2D eigenvalue weighted by molar-refractivity contribution is 5.80. The van der Waals surface area contributed by atoms with Crippen molar-refractivity contribution < 1.29 is 139 Å². The van der Waals surface area contributed by atoms with Gasteiger partial charge in [-0.1, -0.05) is 67.5 Å². The van der Waals surface area contributed by atoms with Crippen LogP contribution in [0.4, 0.5) is 52.7 Å². The normalized spacial score (nSPS) is 23.7. The van der Waals surface area contributed by atoms with E-state index in [2.05, 4.69) is 45.9 Å². The summed E-state index contributed by atoms with van der Waals surface area (Å²) in [6, 6.07) is 13.9. The van der Waals surface area contributed by atoms with Gasteiger partial charge < -0.3 is 62.7 Å². The van der Waals surface area contributed by atoms with Gasteiger partial charge in [-0.2, -0.15) is 52.7 Å². The van der Waals surface area contributed by atoms with E-state index in [1.165, 1.54) is 31.9 Å². The highest BCUT2D eigenvalue weighted by Gasteiger charge is 2.73. The summed E-state index contributed by atoms with van der Waals surface area (Å²) in [5.41, 5.74) is -16.4. The molecule has 10 unspecified atom stereocenters. The van der Waals surface area contributed by atoms with Crippen molar-refractivity contribution in [1.82, 2.24) is 0 Å². The number of cyclic esters (lactones) is 3. The van der Waals surface area contributed by atoms with Crippen LogP contribution in [-0.2, 0) is 58.9 Å². The maximum Gasteiger partial charge on any atom is 0.426 e. The molecule has 0 saturated carbocycles. The van der Waals surface area contributed by atoms with Crippen LogP contribution in [0, 0.1) is 21.7 Å². The molecule has 0 spiro atoms. The predicted molar refractivity (Wildman–Crippen MR) is 357 cm³/mol. The molecule has 3 saturated heterocycles. The molecule has 3 aromatic rings. The summed E-state index contributed by atoms with van der Waals surface area (Å²) < 4.78 is 207. The second-order valence-corrected chi connectivity index (χ2v) is 29.6. The molecule has 3 fully saturated rings. The van der Waals surface area contributed by atoms with Crippen LogP contribution in [0.25, 0.3) is 0 Å². The third-order valence-electron chi connectivity index (χ3n) is 19.3. The number of fused-ring (bicyclic) bond motifs is 2. The van der Waals surface area contributed by atoms with Crippen molar-refractivity contribution in [2.75, 3.05) is 13.2 Å². The Hall–Kier alpha value is -6.79. The lowest BCUT2D eigenvalue weighted by molar-refractivity contribution is -0.377. The van der Waals surface area contributed by atoms with Crippen molar-refractivity contribution in [3.8, 4) is 28.7 Å². The first-order valence-corrected chi connectivity index (χ1v) is 34.4. The Morgan fingerprint density at radius 1 is 0.567 bits per heavy atom. The molecule has 3 N–H and O–H groups in total. The van der Waals surface area contributed by atoms with Crippen molar-refractivity contribution in [2.45, 2.75) is 293 Å². The van der Waals surface area contributed by atoms with Gasteiger partial charge in [0.15, 0.2) is 34.2 Å². The summed E-state index contributed by atoms with van der Waals surface area (Å²) in [6.45, 7) is 35.5. The van der Waals surface area contributed by atoms with Crippen LogP contribution in [0.5, 0.6) is 28.7 Å². The van der Waals surface area contributed by atoms with Crippen LogP contribution >= 0.6 is 0 Å². The Balaban J connectivity index is 0.000000333. The molecule has 5 aliphatic rings. The Bertz CT molecular complexity index is 3340. The van der Waals surface area contributed by atoms with E-state index in [4.69, 9.17) is 47.4 Å². The van der Waals surface area contributed by atoms with E-state index < -0.39 is 111 Å². The molecule has 8 rings (SSSR count). The molecule has 104 heavy (non-hydrogen) atoms. The number of ether oxygens (including phenoxy) is 10. The van der Waals surface area contributed by atoms with E-state index in [1.54, 1.807) is 13.8 Å². The van der Waals surface area contributed by atoms with Crippen molar-refractivity contribution in [3.05, 3.63) is 76.9 Å². The quantitative estimate of drug-likeness (QED) is 0.0464. The van der Waals surface area contributed by atoms with Gasteiger partial charge in [-0.3, -0.25) is 24.0 Å². The lowest BCUT2D eigenvalue weighted by atomic mass is 9.76. The van der Waals surface area contributed by atoms with E-state index in [9.17, 15) is 92.0 Å². The van der Waals surface area contributed by atoms with Crippen LogP contribution in [0.1, 0.15) is 244 Å². The van der Waals surface area contributed by atoms with Gasteiger partial charge in [0, 0.05) is 26.7 Å². The number of hydrogen-bond acceptors (Lipinski definition) is 18. The van der Waals surface area contributed by atoms with Gasteiger partial charge in [-0.25, -0.2) is 0 Å². The lowest BCUT2D eigenvalue weighted by Crippen LogP contribution is -2.60. The minimum Gasteiger partial charge on any atom is -0.462 e. The molecule has 5 heterocycles. The number of carbonyl (C=O) groups is 5. The van der Waals surface area contributed by atoms with Crippen molar-refractivity contribution in [2.24, 2.45) is 21.7 Å². The Labute approximate surface area is 600 Å². The summed E-state index contributed by atoms with van der Waals surface area (Å²) >= 11 is 0. The summed E-state index contributed by atoms with van der Waals surface area (Å²) in [4.78, 5) is 57.3. The fourth-order valence-corrected chi connectivity index (χ4v) is 10.4. The molecule has 592 valence electrons. The number of carbonyl (C=O) groups excluding carboxylic acids is 5. The van der Waals surface area contributed by atoms with Crippen LogP contribution in [0.15, 0.2) is 54.6 Å². The van der Waals surface area contributed by atoms with E-state index in [1.807, 2.05) is 80.5 Å². The van der Waals surface area contributed by atoms with Crippen LogP contribution in [0.2, 0.25) is 0 Å². The van der Waals surface area contributed by atoms with Crippen molar-refractivity contribution >= 4 is 29.8 Å². The number of halogens is 12. The topological polar surface area (TPSA) is 238 Å². The Kier molecular flexibility index (Phi) is 30.2. The van der Waals surface area contributed by atoms with E-state index in [0.29, 0.717) is 63.3 Å². The van der Waals surface area contributed by atoms with Gasteiger partial charge in [-0.15, -0.1) is 0 Å². The fourth-order valence-electron chi connectivity index (χ4n) is 10.4. The molecular weight excluding hydrogens is 1400 g/mol. The third-order valence-corrected chi connectivity index (χ3v) is 19.3. The van der Waals surface area contributed by atoms with Gasteiger partial charge >= 0.3 is 61.0 Å². The molecule has 0 aliphatic carbocycles. The average molecular weight is 1510 g/mol. The first-order chi connectivity index (χ1) is 47.2. The van der Waals surface area contributed by atoms with E-state index >= 15 is 0 Å². The average Bonchev–Trinajstić information content (AvgIpc) is 1.39. The fraction of sp³-hybridized carbons (Fsp3) is 0.689. The van der Waals surface area contributed by atoms with Gasteiger partial charge in [0.1, 0.15) is 30.2 Å². The van der Waals surface area contributed by atoms with Crippen molar-refractivity contribution in [1.29, 1.82) is 0 Å². The second kappa shape index (κ2) is 34.4. The molecule has 18 nitrogen and oxygen atoms in total. The SMILES string of the molecule is CCC(C)(C)C(=O)OC1COC(=O)C1.CCC(C)(C)C(=O)Oc1cc(C(C)(O)C(F)(F)F)cc(C(C)(O)C(F)(F)F)c1.CCC(C)c1ccc2c(c1)OC(C)(C)O2.CCC1(C)CC(C)(CC(O)(C(F)(F)F)C(F)(F)F)OC1=O.CCC1(C)CC(C)OC1=O.CCOC1Oc2ccc(C(C)CC)cc2O1. The lowest BCUT2D eigenvalue weighted by Gasteiger charge is -2.37. The number of esters is 5. The number of rotatable bonds is 18. The number of benzene rings is 3. The molecule has 5 aliphatic heterocycles. The summed E-state index contributed by atoms with van der Waals surface area (Å²) in [6.07, 6.45) is -19.3. The summed E-state index contributed by atoms with van der Waals surface area (Å²) in [7, 11) is 0. The van der Waals surface area contributed by atoms with E-state index in [0.717, 1.165) is 55.6 Å². The number of alkyl halides is 12. The van der Waals surface area contributed by atoms with Gasteiger partial charge in [-0.05, 0) is 198 Å². The molecule has 0 radical (unpaired) electrons. The molecule has 3 aromatic carbocycles. The smallest absolute Gasteiger partial charge is 0.426 e. The summed E-state index contributed by atoms with van der Waals surface area (Å²) in [5.74, 6) is 0.886. The molecule has 0 amide bonds. The Morgan fingerprint density at radius 2 is 1.02 bits per heavy atom. The second-order valence-electron chi connectivity index (χ2n) is 29.6. The zero-order valence-electron chi connectivity index (χ0n) is 63.1. The maximum absolute atomic E-state index is 13.2. The molecule has 0 aromatic heterocycles. The number of aliphatic hydroxyl groups is 3. The molecule has 10 atom stereocenters. The van der Waals surface area contributed by atoms with Crippen LogP contribution < -0.4 is 23.7 Å². The van der Waals surface area contributed by atoms with Crippen molar-refractivity contribution in [3.63, 3.8) is 0 Å². The highest BCUT2D eigenvalue weighted by Crippen LogP contribution is 2.54. The van der Waals surface area contributed by atoms with Gasteiger partial charge in [0.25, 0.3) is 5.60 Å². The van der Waals surface area contributed by atoms with E-state index in [-0.39, 0.29) is 61.4 Å². The van der Waals surface area contributed by atoms with Gasteiger partial charge in [0.05, 0.1) is 34.7 Å². The molecule has 0 bridgehead atoms. The first kappa shape index (κ1) is 91.4. The number of hydrogen-bond donors (Lipinski definition) is 3. The monoisotopic (exact) mass is 1510 g/mol. The standard InChI is InChI=1S/C18H22F6O4.C13H18O3.C13H18O2.C12H16F6O3.C10H16O4.C8H14O2/c1-6-14(2,3)13(25)28-12-8-10(15(4,26)17(19,20)21)7-11(9-12)16(5,27)18(22,23)24;1-4-9(3)10-6-7-11-12(8-10)16-13(15-11)14-5-2;1-5-9(2)10-6-7-11-12(8-10)15-13(3,4)14-11;1-4-8(2)5-9(3,21-7(8)19)6-10(20,11(13,14)15)12(16,17)18;1-4-10(2,3)9(12)14-7-5-8(11)13-6-7;1-4-8(3)5-6(2)10-7(8)9/h7-9,26-27H,6H2,1-5H3;6-9,13H,4-5H2,1-3H3;6-9H,5H2,1-4H3;20H,4-6H2,1-3H3;7H,4-6H2,1-3H3;6H,4-5H2,1-3H3. The largest absolute Gasteiger partial charge is 0.462 e. The Morgan fingerprint density at radius 3 is 1.40 bits per heavy atom. The van der Waals surface area contributed by atoms with Crippen LogP contribution in [0.3, 0.4) is 0 Å². The van der Waals surface area contributed by atoms with Gasteiger partial charge in [0.2, 0.25) is 5.79 Å². The minimum absolute atomic E-state index is 0.0255. The van der Waals surface area contributed by atoms with Crippen LogP contribution in [-0.4, -0.2) is 119 Å². The summed E-state index contributed by atoms with van der Waals surface area (Å²) in [5, 5.41) is 28.9. The highest BCUT2D eigenvalue weighted by atomic mass is 19.4.